The number of nitrogens with one attached hydrogen (secondary N) is 1. The highest BCUT2D eigenvalue weighted by Crippen LogP contribution is 2.22. The van der Waals surface area contributed by atoms with Crippen molar-refractivity contribution in [1.29, 1.82) is 0 Å². The van der Waals surface area contributed by atoms with E-state index in [1.165, 1.54) is 0 Å². The molecule has 3 aromatic rings. The van der Waals surface area contributed by atoms with Crippen LogP contribution in [0.5, 0.6) is 5.75 Å². The molecule has 1 N–H and O–H groups in total. The van der Waals surface area contributed by atoms with E-state index in [4.69, 9.17) is 4.74 Å². The number of nitrogens with zero attached hydrogens (tertiary/aromatic N) is 1. The summed E-state index contributed by atoms with van der Waals surface area (Å²) in [6, 6.07) is 13.5. The first-order chi connectivity index (χ1) is 12.7. The van der Waals surface area contributed by atoms with Crippen molar-refractivity contribution in [3.8, 4) is 5.75 Å². The first-order valence-corrected chi connectivity index (χ1v) is 9.58. The molecule has 0 aliphatic rings. The van der Waals surface area contributed by atoms with Crippen molar-refractivity contribution in [2.75, 3.05) is 11.9 Å². The maximum absolute atomic E-state index is 12.3. The Morgan fingerprint density at radius 3 is 3.04 bits per heavy atom. The lowest BCUT2D eigenvalue weighted by atomic mass is 10.1. The van der Waals surface area contributed by atoms with Crippen LogP contribution in [0.4, 0.5) is 5.69 Å². The van der Waals surface area contributed by atoms with Crippen molar-refractivity contribution >= 4 is 33.1 Å². The number of aromatic nitrogens is 1. The molecule has 0 radical (unpaired) electrons. The Labute approximate surface area is 157 Å². The number of ether oxygens (including phenoxy) is 1. The fourth-order valence-corrected chi connectivity index (χ4v) is 3.37. The molecule has 4 nitrogen and oxygen atoms in total. The summed E-state index contributed by atoms with van der Waals surface area (Å²) in [5.74, 6) is 0.761. The largest absolute Gasteiger partial charge is 0.494 e. The predicted octanol–water partition coefficient (Wildman–Crippen LogP) is 5.21. The number of benzene rings is 2. The number of fused-ring (bicyclic) bond motifs is 1. The van der Waals surface area contributed by atoms with Crippen LogP contribution in [0.3, 0.4) is 0 Å². The number of hydrogen-bond acceptors (Lipinski definition) is 4. The Bertz CT molecular complexity index is 888. The molecule has 26 heavy (non-hydrogen) atoms. The highest BCUT2D eigenvalue weighted by Gasteiger charge is 2.07. The SMILES string of the molecule is C=CCCCCOc1cccc(CC(=O)Nc2ccc3ncsc3c2)c1. The molecule has 0 unspecified atom stereocenters. The summed E-state index contributed by atoms with van der Waals surface area (Å²) in [7, 11) is 0. The summed E-state index contributed by atoms with van der Waals surface area (Å²) in [4.78, 5) is 16.6. The van der Waals surface area contributed by atoms with Crippen LogP contribution in [0, 0.1) is 0 Å². The van der Waals surface area contributed by atoms with Crippen LogP contribution >= 0.6 is 11.3 Å². The van der Waals surface area contributed by atoms with Gasteiger partial charge in [0.2, 0.25) is 5.91 Å². The lowest BCUT2D eigenvalue weighted by Crippen LogP contribution is -2.14. The summed E-state index contributed by atoms with van der Waals surface area (Å²) in [5.41, 5.74) is 4.48. The molecule has 0 atom stereocenters. The van der Waals surface area contributed by atoms with Crippen LogP contribution in [-0.2, 0) is 11.2 Å². The zero-order chi connectivity index (χ0) is 18.2. The number of hydrogen-bond donors (Lipinski definition) is 1. The highest BCUT2D eigenvalue weighted by molar-refractivity contribution is 7.16. The Kier molecular flexibility index (Phi) is 6.39. The molecule has 0 saturated carbocycles. The molecule has 1 amide bonds. The minimum atomic E-state index is -0.0444. The van der Waals surface area contributed by atoms with Crippen LogP contribution in [0.2, 0.25) is 0 Å². The first kappa shape index (κ1) is 18.1. The van der Waals surface area contributed by atoms with E-state index < -0.39 is 0 Å². The number of rotatable bonds is 9. The Balaban J connectivity index is 1.53. The minimum absolute atomic E-state index is 0.0444. The molecule has 0 aliphatic carbocycles. The molecular weight excluding hydrogens is 344 g/mol. The number of anilines is 1. The fraction of sp³-hybridized carbons (Fsp3) is 0.238. The molecule has 0 aliphatic heterocycles. The maximum atomic E-state index is 12.3. The van der Waals surface area contributed by atoms with E-state index in [-0.39, 0.29) is 5.91 Å². The van der Waals surface area contributed by atoms with Gasteiger partial charge in [-0.1, -0.05) is 18.2 Å². The number of unbranched alkanes of at least 4 members (excludes halogenated alkanes) is 2. The third-order valence-corrected chi connectivity index (χ3v) is 4.74. The summed E-state index contributed by atoms with van der Waals surface area (Å²) < 4.78 is 6.83. The number of carbonyl (C=O) groups excluding carboxylic acids is 1. The average molecular weight is 366 g/mol. The number of allylic oxidation sites excluding steroid dienone is 1. The second-order valence-corrected chi connectivity index (χ2v) is 6.93. The molecule has 1 heterocycles. The molecule has 0 spiro atoms. The first-order valence-electron chi connectivity index (χ1n) is 8.70. The zero-order valence-corrected chi connectivity index (χ0v) is 15.4. The van der Waals surface area contributed by atoms with Crippen LogP contribution in [-0.4, -0.2) is 17.5 Å². The molecule has 0 bridgehead atoms. The van der Waals surface area contributed by atoms with E-state index in [2.05, 4.69) is 16.9 Å². The number of thiazole rings is 1. The van der Waals surface area contributed by atoms with Crippen LogP contribution in [0.1, 0.15) is 24.8 Å². The van der Waals surface area contributed by atoms with E-state index in [1.807, 2.05) is 48.5 Å². The van der Waals surface area contributed by atoms with Gasteiger partial charge in [-0.15, -0.1) is 17.9 Å². The third-order valence-electron chi connectivity index (χ3n) is 3.95. The smallest absolute Gasteiger partial charge is 0.228 e. The molecule has 3 rings (SSSR count). The lowest BCUT2D eigenvalue weighted by Gasteiger charge is -2.09. The van der Waals surface area contributed by atoms with Gasteiger partial charge in [0, 0.05) is 5.69 Å². The monoisotopic (exact) mass is 366 g/mol. The van der Waals surface area contributed by atoms with Gasteiger partial charge in [-0.2, -0.15) is 0 Å². The summed E-state index contributed by atoms with van der Waals surface area (Å²) in [6.07, 6.45) is 5.32. The van der Waals surface area contributed by atoms with E-state index in [9.17, 15) is 4.79 Å². The Morgan fingerprint density at radius 2 is 2.15 bits per heavy atom. The van der Waals surface area contributed by atoms with Crippen molar-refractivity contribution < 1.29 is 9.53 Å². The van der Waals surface area contributed by atoms with Gasteiger partial charge in [0.25, 0.3) is 0 Å². The highest BCUT2D eigenvalue weighted by atomic mass is 32.1. The third kappa shape index (κ3) is 5.17. The molecule has 5 heteroatoms. The van der Waals surface area contributed by atoms with Gasteiger partial charge >= 0.3 is 0 Å². The minimum Gasteiger partial charge on any atom is -0.494 e. The summed E-state index contributed by atoms with van der Waals surface area (Å²) in [6.45, 7) is 4.40. The van der Waals surface area contributed by atoms with E-state index >= 15 is 0 Å². The summed E-state index contributed by atoms with van der Waals surface area (Å²) >= 11 is 1.56. The summed E-state index contributed by atoms with van der Waals surface area (Å²) in [5, 5.41) is 2.95. The number of carbonyl (C=O) groups is 1. The van der Waals surface area contributed by atoms with E-state index in [0.717, 1.165) is 46.5 Å². The molecule has 2 aromatic carbocycles. The van der Waals surface area contributed by atoms with Crippen molar-refractivity contribution in [2.24, 2.45) is 0 Å². The van der Waals surface area contributed by atoms with Crippen molar-refractivity contribution in [3.63, 3.8) is 0 Å². The molecule has 1 aromatic heterocycles. The van der Waals surface area contributed by atoms with Gasteiger partial charge in [0.1, 0.15) is 5.75 Å². The van der Waals surface area contributed by atoms with Gasteiger partial charge in [-0.3, -0.25) is 4.79 Å². The van der Waals surface area contributed by atoms with E-state index in [0.29, 0.717) is 13.0 Å². The van der Waals surface area contributed by atoms with Gasteiger partial charge in [0.15, 0.2) is 0 Å². The van der Waals surface area contributed by atoms with Gasteiger partial charge in [-0.05, 0) is 55.2 Å². The molecule has 134 valence electrons. The lowest BCUT2D eigenvalue weighted by molar-refractivity contribution is -0.115. The van der Waals surface area contributed by atoms with Gasteiger partial charge in [0.05, 0.1) is 28.8 Å². The molecule has 0 fully saturated rings. The van der Waals surface area contributed by atoms with Crippen molar-refractivity contribution in [3.05, 3.63) is 66.2 Å². The fourth-order valence-electron chi connectivity index (χ4n) is 2.65. The van der Waals surface area contributed by atoms with Crippen LogP contribution < -0.4 is 10.1 Å². The molecular formula is C21H22N2O2S. The topological polar surface area (TPSA) is 51.2 Å². The van der Waals surface area contributed by atoms with Crippen molar-refractivity contribution in [1.82, 2.24) is 4.98 Å². The van der Waals surface area contributed by atoms with Crippen LogP contribution in [0.15, 0.2) is 60.6 Å². The van der Waals surface area contributed by atoms with Gasteiger partial charge in [-0.25, -0.2) is 4.98 Å². The van der Waals surface area contributed by atoms with Gasteiger partial charge < -0.3 is 10.1 Å². The average Bonchev–Trinajstić information content (AvgIpc) is 3.09. The standard InChI is InChI=1S/C21H22N2O2S/c1-2-3-4-5-11-25-18-8-6-7-16(12-18)13-21(24)23-17-9-10-19-20(14-17)26-15-22-19/h2,6-10,12,14-15H,1,3-5,11,13H2,(H,23,24). The Hall–Kier alpha value is -2.66. The van der Waals surface area contributed by atoms with E-state index in [1.54, 1.807) is 16.8 Å². The second-order valence-electron chi connectivity index (χ2n) is 6.04. The van der Waals surface area contributed by atoms with Crippen LogP contribution in [0.25, 0.3) is 10.2 Å². The Morgan fingerprint density at radius 1 is 1.23 bits per heavy atom. The normalized spacial score (nSPS) is 10.6. The predicted molar refractivity (Wildman–Crippen MR) is 108 cm³/mol. The van der Waals surface area contributed by atoms with Crippen molar-refractivity contribution in [2.45, 2.75) is 25.7 Å². The maximum Gasteiger partial charge on any atom is 0.228 e. The quantitative estimate of drug-likeness (QED) is 0.418. The molecule has 0 saturated heterocycles. The number of amides is 1. The second kappa shape index (κ2) is 9.15. The zero-order valence-electron chi connectivity index (χ0n) is 14.6.